The van der Waals surface area contributed by atoms with Crippen molar-refractivity contribution in [2.24, 2.45) is 0 Å². The molecule has 1 aromatic carbocycles. The molecule has 27 heavy (non-hydrogen) atoms. The van der Waals surface area contributed by atoms with Crippen molar-refractivity contribution in [2.75, 3.05) is 13.1 Å². The third-order valence-corrected chi connectivity index (χ3v) is 6.39. The van der Waals surface area contributed by atoms with Gasteiger partial charge in [0.2, 0.25) is 10.0 Å². The van der Waals surface area contributed by atoms with Crippen LogP contribution in [-0.4, -0.2) is 50.6 Å². The van der Waals surface area contributed by atoms with Crippen LogP contribution in [0.15, 0.2) is 58.4 Å². The van der Waals surface area contributed by atoms with Crippen LogP contribution in [0, 0.1) is 0 Å². The minimum Gasteiger partial charge on any atom is -0.306 e. The van der Waals surface area contributed by atoms with E-state index in [0.29, 0.717) is 18.9 Å². The second-order valence-electron chi connectivity index (χ2n) is 6.28. The highest BCUT2D eigenvalue weighted by molar-refractivity contribution is 7.89. The monoisotopic (exact) mass is 386 g/mol. The van der Waals surface area contributed by atoms with Crippen molar-refractivity contribution in [3.63, 3.8) is 0 Å². The number of rotatable bonds is 5. The van der Waals surface area contributed by atoms with Gasteiger partial charge in [-0.2, -0.15) is 8.99 Å². The summed E-state index contributed by atoms with van der Waals surface area (Å²) in [6.07, 6.45) is 3.06. The number of benzene rings is 1. The van der Waals surface area contributed by atoms with E-state index < -0.39 is 10.0 Å². The molecule has 1 aliphatic rings. The van der Waals surface area contributed by atoms with E-state index in [9.17, 15) is 13.2 Å². The smallest absolute Gasteiger partial charge is 0.251 e. The average Bonchev–Trinajstić information content (AvgIpc) is 3.36. The Labute approximate surface area is 155 Å². The molecule has 4 rings (SSSR count). The standard InChI is InChI=1S/C17H18N6O3S/c24-17-9-8-15(27(25,26)22-10-4-5-11-22)12-21(17)13-16-18-19-20-23(16)14-6-2-1-3-7-14/h1-3,6-9,12H,4-5,10-11,13H2. The minimum atomic E-state index is -3.60. The summed E-state index contributed by atoms with van der Waals surface area (Å²) >= 11 is 0. The first-order valence-electron chi connectivity index (χ1n) is 8.59. The maximum atomic E-state index is 12.8. The van der Waals surface area contributed by atoms with Crippen LogP contribution in [0.4, 0.5) is 0 Å². The van der Waals surface area contributed by atoms with Crippen LogP contribution in [-0.2, 0) is 16.6 Å². The summed E-state index contributed by atoms with van der Waals surface area (Å²) in [5.41, 5.74) is 0.435. The van der Waals surface area contributed by atoms with E-state index >= 15 is 0 Å². The summed E-state index contributed by atoms with van der Waals surface area (Å²) in [6.45, 7) is 1.07. The molecule has 0 saturated carbocycles. The van der Waals surface area contributed by atoms with Gasteiger partial charge in [-0.05, 0) is 41.5 Å². The lowest BCUT2D eigenvalue weighted by Gasteiger charge is -2.16. The van der Waals surface area contributed by atoms with E-state index in [4.69, 9.17) is 0 Å². The fourth-order valence-corrected chi connectivity index (χ4v) is 4.63. The predicted molar refractivity (Wildman–Crippen MR) is 97.0 cm³/mol. The zero-order chi connectivity index (χ0) is 18.9. The van der Waals surface area contributed by atoms with Gasteiger partial charge in [0, 0.05) is 25.4 Å². The Balaban J connectivity index is 1.68. The molecule has 2 aromatic heterocycles. The number of para-hydroxylation sites is 1. The first-order chi connectivity index (χ1) is 13.1. The summed E-state index contributed by atoms with van der Waals surface area (Å²) in [5.74, 6) is 0.430. The van der Waals surface area contributed by atoms with Gasteiger partial charge in [0.1, 0.15) is 0 Å². The molecule has 0 amide bonds. The lowest BCUT2D eigenvalue weighted by molar-refractivity contribution is 0.476. The highest BCUT2D eigenvalue weighted by Crippen LogP contribution is 2.20. The quantitative estimate of drug-likeness (QED) is 0.638. The zero-order valence-corrected chi connectivity index (χ0v) is 15.3. The third-order valence-electron chi connectivity index (χ3n) is 4.51. The molecule has 0 aliphatic carbocycles. The van der Waals surface area contributed by atoms with Crippen LogP contribution in [0.25, 0.3) is 5.69 Å². The highest BCUT2D eigenvalue weighted by atomic mass is 32.2. The molecule has 140 valence electrons. The number of hydrogen-bond acceptors (Lipinski definition) is 6. The van der Waals surface area contributed by atoms with E-state index in [1.165, 1.54) is 31.9 Å². The normalized spacial score (nSPS) is 15.3. The fourth-order valence-electron chi connectivity index (χ4n) is 3.09. The second kappa shape index (κ2) is 7.05. The maximum absolute atomic E-state index is 12.8. The molecular weight excluding hydrogens is 368 g/mol. The van der Waals surface area contributed by atoms with Crippen LogP contribution in [0.1, 0.15) is 18.7 Å². The van der Waals surface area contributed by atoms with Gasteiger partial charge in [0.25, 0.3) is 5.56 Å². The van der Waals surface area contributed by atoms with Crippen molar-refractivity contribution in [1.82, 2.24) is 29.1 Å². The number of nitrogens with zero attached hydrogens (tertiary/aromatic N) is 6. The molecule has 0 unspecified atom stereocenters. The molecule has 0 radical (unpaired) electrons. The number of aromatic nitrogens is 5. The van der Waals surface area contributed by atoms with Gasteiger partial charge < -0.3 is 4.57 Å². The number of pyridine rings is 1. The molecule has 9 nitrogen and oxygen atoms in total. The highest BCUT2D eigenvalue weighted by Gasteiger charge is 2.27. The lowest BCUT2D eigenvalue weighted by atomic mass is 10.3. The molecule has 1 aliphatic heterocycles. The van der Waals surface area contributed by atoms with Gasteiger partial charge >= 0.3 is 0 Å². The Morgan fingerprint density at radius 1 is 1.00 bits per heavy atom. The van der Waals surface area contributed by atoms with Gasteiger partial charge in [0.05, 0.1) is 17.1 Å². The van der Waals surface area contributed by atoms with Crippen LogP contribution in [0.3, 0.4) is 0 Å². The van der Waals surface area contributed by atoms with Crippen molar-refractivity contribution in [1.29, 1.82) is 0 Å². The molecule has 3 aromatic rings. The van der Waals surface area contributed by atoms with Gasteiger partial charge in [-0.3, -0.25) is 4.79 Å². The molecule has 0 bridgehead atoms. The van der Waals surface area contributed by atoms with Crippen molar-refractivity contribution >= 4 is 10.0 Å². The van der Waals surface area contributed by atoms with Crippen molar-refractivity contribution in [3.05, 3.63) is 64.8 Å². The van der Waals surface area contributed by atoms with E-state index in [1.807, 2.05) is 30.3 Å². The predicted octanol–water partition coefficient (Wildman–Crippen LogP) is 0.657. The van der Waals surface area contributed by atoms with Gasteiger partial charge in [-0.1, -0.05) is 18.2 Å². The molecule has 1 saturated heterocycles. The van der Waals surface area contributed by atoms with E-state index in [1.54, 1.807) is 0 Å². The van der Waals surface area contributed by atoms with Crippen molar-refractivity contribution in [2.45, 2.75) is 24.3 Å². The van der Waals surface area contributed by atoms with Crippen molar-refractivity contribution in [3.8, 4) is 5.69 Å². The fraction of sp³-hybridized carbons (Fsp3) is 0.294. The summed E-state index contributed by atoms with van der Waals surface area (Å²) in [4.78, 5) is 12.4. The second-order valence-corrected chi connectivity index (χ2v) is 8.22. The van der Waals surface area contributed by atoms with Crippen LogP contribution in [0.5, 0.6) is 0 Å². The lowest BCUT2D eigenvalue weighted by Crippen LogP contribution is -2.30. The minimum absolute atomic E-state index is 0.0596. The van der Waals surface area contributed by atoms with E-state index in [-0.39, 0.29) is 17.0 Å². The van der Waals surface area contributed by atoms with Crippen LogP contribution < -0.4 is 5.56 Å². The Hall–Kier alpha value is -2.85. The third kappa shape index (κ3) is 3.40. The Morgan fingerprint density at radius 2 is 1.74 bits per heavy atom. The summed E-state index contributed by atoms with van der Waals surface area (Å²) in [5, 5.41) is 11.6. The number of tetrazole rings is 1. The SMILES string of the molecule is O=c1ccc(S(=O)(=O)N2CCCC2)cn1Cc1nnnn1-c1ccccc1. The number of sulfonamides is 1. The average molecular weight is 386 g/mol. The largest absolute Gasteiger partial charge is 0.306 e. The van der Waals surface area contributed by atoms with Crippen LogP contribution in [0.2, 0.25) is 0 Å². The Morgan fingerprint density at radius 3 is 2.48 bits per heavy atom. The first-order valence-corrected chi connectivity index (χ1v) is 10.0. The summed E-state index contributed by atoms with van der Waals surface area (Å²) in [6, 6.07) is 11.9. The molecule has 1 fully saturated rings. The molecule has 0 spiro atoms. The Bertz CT molecular complexity index is 1100. The molecule has 0 N–H and O–H groups in total. The van der Waals surface area contributed by atoms with E-state index in [0.717, 1.165) is 18.5 Å². The van der Waals surface area contributed by atoms with Crippen molar-refractivity contribution < 1.29 is 8.42 Å². The maximum Gasteiger partial charge on any atom is 0.251 e. The summed E-state index contributed by atoms with van der Waals surface area (Å²) in [7, 11) is -3.60. The topological polar surface area (TPSA) is 103 Å². The number of hydrogen-bond donors (Lipinski definition) is 0. The van der Waals surface area contributed by atoms with E-state index in [2.05, 4.69) is 15.5 Å². The molecule has 0 atom stereocenters. The van der Waals surface area contributed by atoms with Gasteiger partial charge in [0.15, 0.2) is 5.82 Å². The molecular formula is C17H18N6O3S. The van der Waals surface area contributed by atoms with Gasteiger partial charge in [-0.15, -0.1) is 5.10 Å². The van der Waals surface area contributed by atoms with Crippen LogP contribution >= 0.6 is 0 Å². The summed E-state index contributed by atoms with van der Waals surface area (Å²) < 4.78 is 29.8. The molecule has 3 heterocycles. The molecule has 10 heteroatoms. The first kappa shape index (κ1) is 17.6. The Kier molecular flexibility index (Phi) is 4.58. The zero-order valence-electron chi connectivity index (χ0n) is 14.5. The van der Waals surface area contributed by atoms with Gasteiger partial charge in [-0.25, -0.2) is 8.42 Å².